The maximum atomic E-state index is 12.7. The lowest BCUT2D eigenvalue weighted by Gasteiger charge is -2.65. The molecule has 1 aromatic carbocycles. The Labute approximate surface area is 190 Å². The zero-order valence-electron chi connectivity index (χ0n) is 18.6. The van der Waals surface area contributed by atoms with Gasteiger partial charge in [0, 0.05) is 37.4 Å². The largest absolute Gasteiger partial charge is 0.379 e. The molecule has 32 heavy (non-hydrogen) atoms. The molecule has 1 unspecified atom stereocenters. The molecule has 3 N–H and O–H groups in total. The Bertz CT molecular complexity index is 949. The number of hydrogen-bond donors (Lipinski definition) is 3. The summed E-state index contributed by atoms with van der Waals surface area (Å²) in [5.74, 6) is 0.739. The van der Waals surface area contributed by atoms with Gasteiger partial charge in [0.1, 0.15) is 0 Å². The van der Waals surface area contributed by atoms with E-state index in [9.17, 15) is 13.2 Å². The number of amides is 2. The number of nitrogens with one attached hydrogen (secondary N) is 3. The highest BCUT2D eigenvalue weighted by Gasteiger charge is 2.61. The summed E-state index contributed by atoms with van der Waals surface area (Å²) in [5, 5.41) is 6.09. The monoisotopic (exact) mass is 462 g/mol. The summed E-state index contributed by atoms with van der Waals surface area (Å²) < 4.78 is 33.4. The third-order valence-corrected chi connectivity index (χ3v) is 9.21. The van der Waals surface area contributed by atoms with Crippen molar-refractivity contribution in [1.29, 1.82) is 0 Å². The number of nitrogens with zero attached hydrogens (tertiary/aromatic N) is 1. The molecule has 5 fully saturated rings. The van der Waals surface area contributed by atoms with Crippen LogP contribution in [0.5, 0.6) is 0 Å². The second kappa shape index (κ2) is 8.59. The van der Waals surface area contributed by atoms with Crippen molar-refractivity contribution in [3.63, 3.8) is 0 Å². The number of urea groups is 1. The van der Waals surface area contributed by atoms with Crippen molar-refractivity contribution in [2.24, 2.45) is 11.3 Å². The molecule has 8 nitrogen and oxygen atoms in total. The zero-order valence-corrected chi connectivity index (χ0v) is 19.4. The first-order chi connectivity index (χ1) is 15.4. The van der Waals surface area contributed by atoms with E-state index in [1.165, 1.54) is 31.7 Å². The molecule has 4 aliphatic carbocycles. The Morgan fingerprint density at radius 1 is 1.19 bits per heavy atom. The number of benzene rings is 1. The van der Waals surface area contributed by atoms with Crippen LogP contribution >= 0.6 is 0 Å². The molecule has 1 heterocycles. The van der Waals surface area contributed by atoms with E-state index >= 15 is 0 Å². The van der Waals surface area contributed by atoms with Crippen LogP contribution in [0.25, 0.3) is 0 Å². The average molecular weight is 463 g/mol. The minimum absolute atomic E-state index is 0.0713. The fraction of sp³-hybridized carbons (Fsp3) is 0.696. The van der Waals surface area contributed by atoms with Gasteiger partial charge in [-0.2, -0.15) is 0 Å². The Balaban J connectivity index is 1.15. The number of sulfonamides is 1. The van der Waals surface area contributed by atoms with Gasteiger partial charge in [-0.05, 0) is 61.6 Å². The standard InChI is InChI=1S/C23H34N4O4S/c28-21(26-23-15-18-3-2-6-22(14-18,16-23)17-23)25-19-4-1-5-20(13-19)32(29,30)24-7-8-27-9-11-31-12-10-27/h1,4-5,13,18,24H,2-3,6-12,14-17H2,(H2,25,26,28). The van der Waals surface area contributed by atoms with Crippen LogP contribution in [0, 0.1) is 11.3 Å². The summed E-state index contributed by atoms with van der Waals surface area (Å²) in [6, 6.07) is 6.22. The molecule has 5 aliphatic rings. The summed E-state index contributed by atoms with van der Waals surface area (Å²) in [6.07, 6.45) is 8.49. The van der Waals surface area contributed by atoms with Crippen LogP contribution in [-0.4, -0.2) is 64.3 Å². The molecule has 1 aliphatic heterocycles. The predicted molar refractivity (Wildman–Crippen MR) is 122 cm³/mol. The molecule has 0 radical (unpaired) electrons. The van der Waals surface area contributed by atoms with E-state index in [4.69, 9.17) is 4.74 Å². The van der Waals surface area contributed by atoms with E-state index in [1.54, 1.807) is 18.2 Å². The van der Waals surface area contributed by atoms with Gasteiger partial charge in [0.2, 0.25) is 10.0 Å². The number of morpholine rings is 1. The molecule has 4 saturated carbocycles. The van der Waals surface area contributed by atoms with Gasteiger partial charge >= 0.3 is 6.03 Å². The molecule has 1 aromatic rings. The number of ether oxygens (including phenoxy) is 1. The Morgan fingerprint density at radius 3 is 2.78 bits per heavy atom. The van der Waals surface area contributed by atoms with E-state index in [-0.39, 0.29) is 16.5 Å². The SMILES string of the molecule is O=C(Nc1cccc(S(=O)(=O)NCCN2CCOCC2)c1)NC12CC3CCCC(C3)(C1)C2. The summed E-state index contributed by atoms with van der Waals surface area (Å²) >= 11 is 0. The Kier molecular flexibility index (Phi) is 5.94. The van der Waals surface area contributed by atoms with Crippen LogP contribution < -0.4 is 15.4 Å². The lowest BCUT2D eigenvalue weighted by atomic mass is 9.43. The van der Waals surface area contributed by atoms with E-state index in [0.29, 0.717) is 37.4 Å². The van der Waals surface area contributed by atoms with E-state index in [1.807, 2.05) is 0 Å². The van der Waals surface area contributed by atoms with Gasteiger partial charge in [0.15, 0.2) is 0 Å². The summed E-state index contributed by atoms with van der Waals surface area (Å²) in [4.78, 5) is 15.1. The third-order valence-electron chi connectivity index (χ3n) is 7.75. The quantitative estimate of drug-likeness (QED) is 0.578. The summed E-state index contributed by atoms with van der Waals surface area (Å²) in [6.45, 7) is 4.00. The lowest BCUT2D eigenvalue weighted by Crippen LogP contribution is -2.67. The first kappa shape index (κ1) is 22.1. The van der Waals surface area contributed by atoms with Crippen molar-refractivity contribution >= 4 is 21.7 Å². The zero-order chi connectivity index (χ0) is 22.2. The predicted octanol–water partition coefficient (Wildman–Crippen LogP) is 2.53. The summed E-state index contributed by atoms with van der Waals surface area (Å²) in [5.41, 5.74) is 0.882. The molecule has 1 atom stereocenters. The van der Waals surface area contributed by atoms with Crippen LogP contribution in [0.1, 0.15) is 44.9 Å². The van der Waals surface area contributed by atoms with Gasteiger partial charge in [-0.3, -0.25) is 4.90 Å². The molecule has 176 valence electrons. The van der Waals surface area contributed by atoms with E-state index in [2.05, 4.69) is 20.3 Å². The van der Waals surface area contributed by atoms with Crippen LogP contribution in [-0.2, 0) is 14.8 Å². The highest BCUT2D eigenvalue weighted by Crippen LogP contribution is 2.65. The van der Waals surface area contributed by atoms with Crippen LogP contribution in [0.2, 0.25) is 0 Å². The van der Waals surface area contributed by atoms with Gasteiger partial charge in [0.05, 0.1) is 18.1 Å². The van der Waals surface area contributed by atoms with E-state index < -0.39 is 10.0 Å². The molecule has 1 saturated heterocycles. The van der Waals surface area contributed by atoms with Crippen LogP contribution in [0.15, 0.2) is 29.2 Å². The van der Waals surface area contributed by atoms with Crippen molar-refractivity contribution in [3.8, 4) is 0 Å². The van der Waals surface area contributed by atoms with Gasteiger partial charge in [-0.1, -0.05) is 18.9 Å². The lowest BCUT2D eigenvalue weighted by molar-refractivity contribution is -0.102. The molecule has 3 bridgehead atoms. The Hall–Kier alpha value is -1.68. The smallest absolute Gasteiger partial charge is 0.319 e. The van der Waals surface area contributed by atoms with Gasteiger partial charge in [0.25, 0.3) is 0 Å². The minimum Gasteiger partial charge on any atom is -0.379 e. The number of rotatable bonds is 7. The molecular weight excluding hydrogens is 428 g/mol. The van der Waals surface area contributed by atoms with Crippen molar-refractivity contribution in [2.45, 2.75) is 55.4 Å². The molecular formula is C23H34N4O4S. The van der Waals surface area contributed by atoms with E-state index in [0.717, 1.165) is 38.3 Å². The molecule has 9 heteroatoms. The third kappa shape index (κ3) is 4.66. The number of carbonyl (C=O) groups is 1. The first-order valence-electron chi connectivity index (χ1n) is 11.8. The highest BCUT2D eigenvalue weighted by atomic mass is 32.2. The molecule has 6 rings (SSSR count). The molecule has 2 amide bonds. The maximum Gasteiger partial charge on any atom is 0.319 e. The number of hydrogen-bond acceptors (Lipinski definition) is 5. The van der Waals surface area contributed by atoms with Crippen LogP contribution in [0.3, 0.4) is 0 Å². The second-order valence-electron chi connectivity index (χ2n) is 10.3. The maximum absolute atomic E-state index is 12.7. The molecule has 1 spiro atoms. The van der Waals surface area contributed by atoms with Gasteiger partial charge in [-0.15, -0.1) is 0 Å². The van der Waals surface area contributed by atoms with Crippen molar-refractivity contribution in [2.75, 3.05) is 44.7 Å². The average Bonchev–Trinajstić information content (AvgIpc) is 2.73. The van der Waals surface area contributed by atoms with Gasteiger partial charge < -0.3 is 15.4 Å². The fourth-order valence-electron chi connectivity index (χ4n) is 6.69. The van der Waals surface area contributed by atoms with Crippen molar-refractivity contribution in [3.05, 3.63) is 24.3 Å². The first-order valence-corrected chi connectivity index (χ1v) is 13.3. The normalized spacial score (nSPS) is 32.1. The highest BCUT2D eigenvalue weighted by molar-refractivity contribution is 7.89. The fourth-order valence-corrected chi connectivity index (χ4v) is 7.75. The number of carbonyl (C=O) groups excluding carboxylic acids is 1. The summed E-state index contributed by atoms with van der Waals surface area (Å²) in [7, 11) is -3.64. The van der Waals surface area contributed by atoms with Crippen molar-refractivity contribution in [1.82, 2.24) is 14.9 Å². The minimum atomic E-state index is -3.64. The number of anilines is 1. The topological polar surface area (TPSA) is 99.8 Å². The molecule has 0 aromatic heterocycles. The Morgan fingerprint density at radius 2 is 2.00 bits per heavy atom. The van der Waals surface area contributed by atoms with Crippen LogP contribution in [0.4, 0.5) is 10.5 Å². The second-order valence-corrected chi connectivity index (χ2v) is 12.0. The van der Waals surface area contributed by atoms with Gasteiger partial charge in [-0.25, -0.2) is 17.9 Å². The van der Waals surface area contributed by atoms with Crippen molar-refractivity contribution < 1.29 is 17.9 Å².